The number of nitrogens with two attached hydrogens (primary N) is 1. The molecule has 1 atom stereocenters. The highest BCUT2D eigenvalue weighted by Gasteiger charge is 2.17. The lowest BCUT2D eigenvalue weighted by molar-refractivity contribution is -0.119. The van der Waals surface area contributed by atoms with Gasteiger partial charge >= 0.3 is 0 Å². The SMILES string of the molecule is C=C(C)CC(C)C(=O)Nc1ccc(O)c(S(N)(=O)=O)c1. The predicted octanol–water partition coefficient (Wildman–Crippen LogP) is 1.58. The van der Waals surface area contributed by atoms with E-state index in [4.69, 9.17) is 5.14 Å². The average molecular weight is 298 g/mol. The van der Waals surface area contributed by atoms with Crippen LogP contribution in [0, 0.1) is 5.92 Å². The molecule has 0 saturated heterocycles. The third-order valence-electron chi connectivity index (χ3n) is 2.64. The van der Waals surface area contributed by atoms with Crippen molar-refractivity contribution in [3.8, 4) is 5.75 Å². The highest BCUT2D eigenvalue weighted by molar-refractivity contribution is 7.89. The lowest BCUT2D eigenvalue weighted by Crippen LogP contribution is -2.21. The van der Waals surface area contributed by atoms with E-state index >= 15 is 0 Å². The number of hydrogen-bond donors (Lipinski definition) is 3. The number of carbonyl (C=O) groups excluding carboxylic acids is 1. The Kier molecular flexibility index (Phi) is 4.91. The van der Waals surface area contributed by atoms with Gasteiger partial charge in [0.15, 0.2) is 0 Å². The summed E-state index contributed by atoms with van der Waals surface area (Å²) >= 11 is 0. The number of nitrogens with one attached hydrogen (secondary N) is 1. The minimum absolute atomic E-state index is 0.255. The van der Waals surface area contributed by atoms with Crippen LogP contribution in [0.3, 0.4) is 0 Å². The number of rotatable bonds is 5. The van der Waals surface area contributed by atoms with Gasteiger partial charge < -0.3 is 10.4 Å². The van der Waals surface area contributed by atoms with Crippen molar-refractivity contribution in [3.63, 3.8) is 0 Å². The summed E-state index contributed by atoms with van der Waals surface area (Å²) in [5.74, 6) is -1.02. The average Bonchev–Trinajstić information content (AvgIpc) is 2.29. The molecule has 0 fully saturated rings. The van der Waals surface area contributed by atoms with Crippen molar-refractivity contribution in [2.75, 3.05) is 5.32 Å². The van der Waals surface area contributed by atoms with E-state index in [1.807, 2.05) is 6.92 Å². The molecule has 1 rings (SSSR count). The Bertz CT molecular complexity index is 638. The van der Waals surface area contributed by atoms with Crippen molar-refractivity contribution in [2.24, 2.45) is 11.1 Å². The molecule has 0 aliphatic rings. The summed E-state index contributed by atoms with van der Waals surface area (Å²) in [5, 5.41) is 17.0. The smallest absolute Gasteiger partial charge is 0.241 e. The Morgan fingerprint density at radius 1 is 1.50 bits per heavy atom. The quantitative estimate of drug-likeness (QED) is 0.566. The van der Waals surface area contributed by atoms with Gasteiger partial charge in [-0.15, -0.1) is 6.58 Å². The van der Waals surface area contributed by atoms with E-state index in [-0.39, 0.29) is 17.5 Å². The van der Waals surface area contributed by atoms with E-state index in [9.17, 15) is 18.3 Å². The van der Waals surface area contributed by atoms with Gasteiger partial charge in [-0.3, -0.25) is 4.79 Å². The number of benzene rings is 1. The predicted molar refractivity (Wildman–Crippen MR) is 76.7 cm³/mol. The molecule has 1 amide bonds. The van der Waals surface area contributed by atoms with Crippen molar-refractivity contribution in [1.82, 2.24) is 0 Å². The maximum absolute atomic E-state index is 11.9. The van der Waals surface area contributed by atoms with Crippen LogP contribution in [0.5, 0.6) is 5.75 Å². The number of hydrogen-bond acceptors (Lipinski definition) is 4. The van der Waals surface area contributed by atoms with E-state index in [1.54, 1.807) is 6.92 Å². The van der Waals surface area contributed by atoms with Gasteiger partial charge in [-0.2, -0.15) is 0 Å². The zero-order valence-electron chi connectivity index (χ0n) is 11.4. The maximum Gasteiger partial charge on any atom is 0.241 e. The Labute approximate surface area is 118 Å². The van der Waals surface area contributed by atoms with Crippen LogP contribution in [0.25, 0.3) is 0 Å². The molecule has 4 N–H and O–H groups in total. The molecule has 20 heavy (non-hydrogen) atoms. The number of phenols is 1. The van der Waals surface area contributed by atoms with Crippen LogP contribution < -0.4 is 10.5 Å². The van der Waals surface area contributed by atoms with E-state index in [0.29, 0.717) is 6.42 Å². The molecule has 0 saturated carbocycles. The monoisotopic (exact) mass is 298 g/mol. The van der Waals surface area contributed by atoms with Gasteiger partial charge in [0.05, 0.1) is 0 Å². The molecule has 0 heterocycles. The first-order valence-corrected chi connectivity index (χ1v) is 7.47. The molecular formula is C13H18N2O4S. The second kappa shape index (κ2) is 6.06. The number of primary sulfonamides is 1. The van der Waals surface area contributed by atoms with E-state index < -0.39 is 20.7 Å². The summed E-state index contributed by atoms with van der Waals surface area (Å²) in [4.78, 5) is 11.5. The summed E-state index contributed by atoms with van der Waals surface area (Å²) in [5.41, 5.74) is 1.13. The minimum atomic E-state index is -4.05. The number of amides is 1. The lowest BCUT2D eigenvalue weighted by atomic mass is 10.0. The molecule has 110 valence electrons. The fourth-order valence-electron chi connectivity index (χ4n) is 1.70. The molecule has 0 bridgehead atoms. The third-order valence-corrected chi connectivity index (χ3v) is 3.58. The van der Waals surface area contributed by atoms with Crippen LogP contribution in [0.1, 0.15) is 20.3 Å². The number of allylic oxidation sites excluding steroid dienone is 1. The highest BCUT2D eigenvalue weighted by Crippen LogP contribution is 2.25. The first kappa shape index (κ1) is 16.2. The van der Waals surface area contributed by atoms with Crippen LogP contribution in [-0.4, -0.2) is 19.4 Å². The van der Waals surface area contributed by atoms with Gasteiger partial charge in [-0.1, -0.05) is 12.5 Å². The molecule has 0 aliphatic heterocycles. The summed E-state index contributed by atoms with van der Waals surface area (Å²) in [7, 11) is -4.05. The molecule has 7 heteroatoms. The number of phenolic OH excluding ortho intramolecular Hbond substituents is 1. The number of anilines is 1. The first-order chi connectivity index (χ1) is 9.11. The second-order valence-corrected chi connectivity index (χ2v) is 6.31. The second-order valence-electron chi connectivity index (χ2n) is 4.78. The Morgan fingerprint density at radius 3 is 2.60 bits per heavy atom. The fourth-order valence-corrected chi connectivity index (χ4v) is 2.35. The number of aromatic hydroxyl groups is 1. The van der Waals surface area contributed by atoms with Crippen molar-refractivity contribution >= 4 is 21.6 Å². The van der Waals surface area contributed by atoms with Gasteiger partial charge in [0.2, 0.25) is 15.9 Å². The molecule has 0 aromatic heterocycles. The van der Waals surface area contributed by atoms with Gasteiger partial charge in [-0.25, -0.2) is 13.6 Å². The van der Waals surface area contributed by atoms with Crippen molar-refractivity contribution in [2.45, 2.75) is 25.2 Å². The molecule has 0 radical (unpaired) electrons. The zero-order chi connectivity index (χ0) is 15.5. The summed E-state index contributed by atoms with van der Waals surface area (Å²) in [6.07, 6.45) is 0.534. The minimum Gasteiger partial charge on any atom is -0.507 e. The Hall–Kier alpha value is -1.86. The van der Waals surface area contributed by atoms with Gasteiger partial charge in [-0.05, 0) is 31.5 Å². The Balaban J connectivity index is 2.95. The van der Waals surface area contributed by atoms with Crippen LogP contribution in [0.4, 0.5) is 5.69 Å². The zero-order valence-corrected chi connectivity index (χ0v) is 12.2. The van der Waals surface area contributed by atoms with Crippen LogP contribution >= 0.6 is 0 Å². The topological polar surface area (TPSA) is 109 Å². The standard InChI is InChI=1S/C13H18N2O4S/c1-8(2)6-9(3)13(17)15-10-4-5-11(16)12(7-10)20(14,18)19/h4-5,7,9,16H,1,6H2,2-3H3,(H,15,17)(H2,14,18,19). The van der Waals surface area contributed by atoms with Crippen molar-refractivity contribution < 1.29 is 18.3 Å². The molecule has 1 unspecified atom stereocenters. The lowest BCUT2D eigenvalue weighted by Gasteiger charge is -2.13. The Morgan fingerprint density at radius 2 is 2.10 bits per heavy atom. The van der Waals surface area contributed by atoms with Gasteiger partial charge in [0.1, 0.15) is 10.6 Å². The van der Waals surface area contributed by atoms with E-state index in [1.165, 1.54) is 12.1 Å². The van der Waals surface area contributed by atoms with Crippen LogP contribution in [-0.2, 0) is 14.8 Å². The van der Waals surface area contributed by atoms with E-state index in [2.05, 4.69) is 11.9 Å². The third kappa shape index (κ3) is 4.36. The van der Waals surface area contributed by atoms with Gasteiger partial charge in [0.25, 0.3) is 0 Å². The highest BCUT2D eigenvalue weighted by atomic mass is 32.2. The molecule has 0 spiro atoms. The number of sulfonamides is 1. The maximum atomic E-state index is 11.9. The van der Waals surface area contributed by atoms with Gasteiger partial charge in [0, 0.05) is 11.6 Å². The normalized spacial score (nSPS) is 12.8. The summed E-state index contributed by atoms with van der Waals surface area (Å²) < 4.78 is 22.5. The van der Waals surface area contributed by atoms with Crippen molar-refractivity contribution in [3.05, 3.63) is 30.4 Å². The van der Waals surface area contributed by atoms with Crippen LogP contribution in [0.2, 0.25) is 0 Å². The fraction of sp³-hybridized carbons (Fsp3) is 0.308. The molecule has 0 aliphatic carbocycles. The van der Waals surface area contributed by atoms with Crippen LogP contribution in [0.15, 0.2) is 35.2 Å². The number of carbonyl (C=O) groups is 1. The molecule has 1 aromatic rings. The molecule has 1 aromatic carbocycles. The first-order valence-electron chi connectivity index (χ1n) is 5.92. The summed E-state index contributed by atoms with van der Waals surface area (Å²) in [6, 6.07) is 3.68. The van der Waals surface area contributed by atoms with E-state index in [0.717, 1.165) is 11.6 Å². The molecule has 6 nitrogen and oxygen atoms in total. The van der Waals surface area contributed by atoms with Crippen molar-refractivity contribution in [1.29, 1.82) is 0 Å². The largest absolute Gasteiger partial charge is 0.507 e. The molecular weight excluding hydrogens is 280 g/mol. The summed E-state index contributed by atoms with van der Waals surface area (Å²) in [6.45, 7) is 7.30.